The highest BCUT2D eigenvalue weighted by atomic mass is 16.5. The fourth-order valence-corrected chi connectivity index (χ4v) is 4.73. The first-order chi connectivity index (χ1) is 20.2. The summed E-state index contributed by atoms with van der Waals surface area (Å²) in [5.41, 5.74) is 2.55. The lowest BCUT2D eigenvalue weighted by Gasteiger charge is -2.08. The van der Waals surface area contributed by atoms with Crippen molar-refractivity contribution in [3.63, 3.8) is 0 Å². The molecule has 0 N–H and O–H groups in total. The smallest absolute Gasteiger partial charge is 0.343 e. The van der Waals surface area contributed by atoms with E-state index in [0.717, 1.165) is 30.6 Å². The third-order valence-corrected chi connectivity index (χ3v) is 7.26. The first-order valence-electron chi connectivity index (χ1n) is 15.7. The molecule has 0 saturated carbocycles. The molecule has 3 aromatic rings. The normalized spacial score (nSPS) is 10.9. The van der Waals surface area contributed by atoms with Crippen molar-refractivity contribution < 1.29 is 14.3 Å². The molecule has 0 atom stereocenters. The largest absolute Gasteiger partial charge is 0.494 e. The standard InChI is InChI=1S/C36H48N2O3/c1-3-5-7-9-11-12-13-15-17-27-40-33-23-21-32(22-24-33)36(39)41-34-25-19-31(20-26-34)35-37-28-30(29-38-35)18-16-14-10-8-6-4-2/h3,19-26,28-29H,1,4-18,27H2,2H3. The molecule has 0 saturated heterocycles. The summed E-state index contributed by atoms with van der Waals surface area (Å²) in [6, 6.07) is 14.5. The summed E-state index contributed by atoms with van der Waals surface area (Å²) in [5.74, 6) is 1.53. The van der Waals surface area contributed by atoms with Crippen molar-refractivity contribution in [1.29, 1.82) is 0 Å². The Balaban J connectivity index is 1.35. The molecule has 5 heteroatoms. The summed E-state index contributed by atoms with van der Waals surface area (Å²) in [5, 5.41) is 0. The number of allylic oxidation sites excluding steroid dienone is 1. The van der Waals surface area contributed by atoms with Gasteiger partial charge < -0.3 is 9.47 Å². The fraction of sp³-hybridized carbons (Fsp3) is 0.472. The minimum atomic E-state index is -0.396. The van der Waals surface area contributed by atoms with Crippen LogP contribution in [0.1, 0.15) is 113 Å². The molecular weight excluding hydrogens is 508 g/mol. The zero-order valence-corrected chi connectivity index (χ0v) is 25.0. The molecule has 5 nitrogen and oxygen atoms in total. The van der Waals surface area contributed by atoms with E-state index in [1.54, 1.807) is 24.3 Å². The second kappa shape index (κ2) is 19.6. The maximum Gasteiger partial charge on any atom is 0.343 e. The zero-order valence-electron chi connectivity index (χ0n) is 25.0. The first-order valence-corrected chi connectivity index (χ1v) is 15.7. The van der Waals surface area contributed by atoms with Gasteiger partial charge in [-0.05, 0) is 86.2 Å². The number of aryl methyl sites for hydroxylation is 1. The van der Waals surface area contributed by atoms with E-state index in [4.69, 9.17) is 9.47 Å². The van der Waals surface area contributed by atoms with Gasteiger partial charge >= 0.3 is 5.97 Å². The third-order valence-electron chi connectivity index (χ3n) is 7.26. The van der Waals surface area contributed by atoms with Crippen molar-refractivity contribution in [3.8, 4) is 22.9 Å². The van der Waals surface area contributed by atoms with Crippen LogP contribution in [0.3, 0.4) is 0 Å². The molecule has 2 aromatic carbocycles. The van der Waals surface area contributed by atoms with Crippen LogP contribution in [-0.4, -0.2) is 22.5 Å². The number of carbonyl (C=O) groups excluding carboxylic acids is 1. The second-order valence-corrected chi connectivity index (χ2v) is 10.8. The quantitative estimate of drug-likeness (QED) is 0.0565. The Morgan fingerprint density at radius 2 is 1.32 bits per heavy atom. The van der Waals surface area contributed by atoms with Crippen LogP contribution in [-0.2, 0) is 6.42 Å². The maximum absolute atomic E-state index is 12.6. The van der Waals surface area contributed by atoms with E-state index >= 15 is 0 Å². The van der Waals surface area contributed by atoms with Crippen molar-refractivity contribution in [2.24, 2.45) is 0 Å². The van der Waals surface area contributed by atoms with Gasteiger partial charge in [0.25, 0.3) is 0 Å². The zero-order chi connectivity index (χ0) is 29.0. The predicted molar refractivity (Wildman–Crippen MR) is 169 cm³/mol. The van der Waals surface area contributed by atoms with E-state index in [1.807, 2.05) is 42.7 Å². The van der Waals surface area contributed by atoms with Gasteiger partial charge in [-0.3, -0.25) is 0 Å². The molecule has 0 unspecified atom stereocenters. The van der Waals surface area contributed by atoms with Crippen LogP contribution in [0.25, 0.3) is 11.4 Å². The number of unbranched alkanes of at least 4 members (excludes halogenated alkanes) is 12. The van der Waals surface area contributed by atoms with E-state index < -0.39 is 5.97 Å². The molecule has 0 aliphatic carbocycles. The molecule has 1 heterocycles. The molecule has 0 aliphatic heterocycles. The molecule has 3 rings (SSSR count). The average molecular weight is 557 g/mol. The van der Waals surface area contributed by atoms with E-state index in [-0.39, 0.29) is 0 Å². The summed E-state index contributed by atoms with van der Waals surface area (Å²) in [6.45, 7) is 6.70. The fourth-order valence-electron chi connectivity index (χ4n) is 4.73. The number of nitrogens with zero attached hydrogens (tertiary/aromatic N) is 2. The Morgan fingerprint density at radius 1 is 0.732 bits per heavy atom. The lowest BCUT2D eigenvalue weighted by Crippen LogP contribution is -2.08. The Labute approximate surface area is 247 Å². The van der Waals surface area contributed by atoms with Crippen LogP contribution in [0, 0.1) is 0 Å². The first kappa shape index (κ1) is 32.0. The number of esters is 1. The summed E-state index contributed by atoms with van der Waals surface area (Å²) in [6.07, 6.45) is 24.3. The minimum Gasteiger partial charge on any atom is -0.494 e. The second-order valence-electron chi connectivity index (χ2n) is 10.8. The predicted octanol–water partition coefficient (Wildman–Crippen LogP) is 9.95. The average Bonchev–Trinajstić information content (AvgIpc) is 3.01. The third kappa shape index (κ3) is 12.7. The topological polar surface area (TPSA) is 61.3 Å². The number of hydrogen-bond acceptors (Lipinski definition) is 5. The van der Waals surface area contributed by atoms with Crippen molar-refractivity contribution in [1.82, 2.24) is 9.97 Å². The van der Waals surface area contributed by atoms with Gasteiger partial charge in [-0.15, -0.1) is 6.58 Å². The van der Waals surface area contributed by atoms with Gasteiger partial charge in [-0.1, -0.05) is 77.2 Å². The summed E-state index contributed by atoms with van der Waals surface area (Å²) in [4.78, 5) is 21.7. The van der Waals surface area contributed by atoms with Gasteiger partial charge in [0, 0.05) is 18.0 Å². The Bertz CT molecular complexity index is 1120. The van der Waals surface area contributed by atoms with Crippen molar-refractivity contribution >= 4 is 5.97 Å². The van der Waals surface area contributed by atoms with Gasteiger partial charge in [0.1, 0.15) is 11.5 Å². The summed E-state index contributed by atoms with van der Waals surface area (Å²) >= 11 is 0. The molecule has 0 bridgehead atoms. The Morgan fingerprint density at radius 3 is 1.98 bits per heavy atom. The molecule has 0 amide bonds. The van der Waals surface area contributed by atoms with E-state index in [1.165, 1.54) is 82.6 Å². The van der Waals surface area contributed by atoms with Crippen LogP contribution in [0.15, 0.2) is 73.6 Å². The highest BCUT2D eigenvalue weighted by Crippen LogP contribution is 2.21. The van der Waals surface area contributed by atoms with Crippen LogP contribution < -0.4 is 9.47 Å². The van der Waals surface area contributed by atoms with Gasteiger partial charge in [0.05, 0.1) is 12.2 Å². The Hall–Kier alpha value is -3.47. The molecule has 0 fully saturated rings. The highest BCUT2D eigenvalue weighted by Gasteiger charge is 2.10. The summed E-state index contributed by atoms with van der Waals surface area (Å²) < 4.78 is 11.4. The van der Waals surface area contributed by atoms with Gasteiger partial charge in [-0.25, -0.2) is 14.8 Å². The molecule has 1 aromatic heterocycles. The lowest BCUT2D eigenvalue weighted by atomic mass is 10.1. The molecule has 220 valence electrons. The molecule has 0 radical (unpaired) electrons. The van der Waals surface area contributed by atoms with E-state index in [0.29, 0.717) is 23.7 Å². The van der Waals surface area contributed by atoms with Gasteiger partial charge in [0.2, 0.25) is 0 Å². The van der Waals surface area contributed by atoms with Crippen LogP contribution >= 0.6 is 0 Å². The lowest BCUT2D eigenvalue weighted by molar-refractivity contribution is 0.0734. The SMILES string of the molecule is C=CCCCCCCCCCOc1ccc(C(=O)Oc2ccc(-c3ncc(CCCCCCCC)cn3)cc2)cc1. The molecular formula is C36H48N2O3. The number of aromatic nitrogens is 2. The van der Waals surface area contributed by atoms with E-state index in [2.05, 4.69) is 23.5 Å². The molecule has 0 spiro atoms. The highest BCUT2D eigenvalue weighted by molar-refractivity contribution is 5.91. The number of hydrogen-bond donors (Lipinski definition) is 0. The number of benzene rings is 2. The Kier molecular flexibility index (Phi) is 15.3. The number of carbonyl (C=O) groups is 1. The van der Waals surface area contributed by atoms with Crippen molar-refractivity contribution in [3.05, 3.63) is 84.7 Å². The van der Waals surface area contributed by atoms with Gasteiger partial charge in [0.15, 0.2) is 5.82 Å². The summed E-state index contributed by atoms with van der Waals surface area (Å²) in [7, 11) is 0. The minimum absolute atomic E-state index is 0.396. The van der Waals surface area contributed by atoms with Crippen molar-refractivity contribution in [2.75, 3.05) is 6.61 Å². The van der Waals surface area contributed by atoms with Gasteiger partial charge in [-0.2, -0.15) is 0 Å². The number of rotatable bonds is 21. The van der Waals surface area contributed by atoms with Crippen LogP contribution in [0.5, 0.6) is 11.5 Å². The maximum atomic E-state index is 12.6. The van der Waals surface area contributed by atoms with Crippen LogP contribution in [0.4, 0.5) is 0 Å². The molecule has 0 aliphatic rings. The van der Waals surface area contributed by atoms with Crippen LogP contribution in [0.2, 0.25) is 0 Å². The molecule has 41 heavy (non-hydrogen) atoms. The van der Waals surface area contributed by atoms with E-state index in [9.17, 15) is 4.79 Å². The number of ether oxygens (including phenoxy) is 2. The monoisotopic (exact) mass is 556 g/mol. The van der Waals surface area contributed by atoms with Crippen molar-refractivity contribution in [2.45, 2.75) is 103 Å².